The summed E-state index contributed by atoms with van der Waals surface area (Å²) in [5.41, 5.74) is 2.02. The Morgan fingerprint density at radius 3 is 2.71 bits per heavy atom. The van der Waals surface area contributed by atoms with Crippen LogP contribution in [0, 0.1) is 0 Å². The molecule has 0 aliphatic rings. The van der Waals surface area contributed by atoms with Crippen molar-refractivity contribution >= 4 is 11.3 Å². The minimum atomic E-state index is 0.122. The number of hydrogen-bond donors (Lipinski definition) is 1. The van der Waals surface area contributed by atoms with Crippen molar-refractivity contribution in [3.8, 4) is 11.4 Å². The predicted octanol–water partition coefficient (Wildman–Crippen LogP) is 3.09. The van der Waals surface area contributed by atoms with Gasteiger partial charge in [0, 0.05) is 23.7 Å². The Hall–Kier alpha value is -1.26. The second kappa shape index (κ2) is 4.94. The normalized spacial score (nSPS) is 11.7. The highest BCUT2D eigenvalue weighted by molar-refractivity contribution is 7.09. The third-order valence-corrected chi connectivity index (χ3v) is 3.10. The SMILES string of the molecule is CC(C)(C)NCc1nc(-c2ccccn2)cs1. The van der Waals surface area contributed by atoms with Gasteiger partial charge in [-0.05, 0) is 32.9 Å². The molecule has 1 N–H and O–H groups in total. The first-order valence-corrected chi connectivity index (χ1v) is 6.53. The van der Waals surface area contributed by atoms with E-state index in [-0.39, 0.29) is 5.54 Å². The molecule has 2 heterocycles. The van der Waals surface area contributed by atoms with Crippen LogP contribution in [0.1, 0.15) is 25.8 Å². The van der Waals surface area contributed by atoms with E-state index in [4.69, 9.17) is 0 Å². The summed E-state index contributed by atoms with van der Waals surface area (Å²) in [6, 6.07) is 5.88. The lowest BCUT2D eigenvalue weighted by Crippen LogP contribution is -2.34. The summed E-state index contributed by atoms with van der Waals surface area (Å²) < 4.78 is 0. The van der Waals surface area contributed by atoms with E-state index >= 15 is 0 Å². The van der Waals surface area contributed by atoms with E-state index in [9.17, 15) is 0 Å². The molecular weight excluding hydrogens is 230 g/mol. The van der Waals surface area contributed by atoms with Crippen LogP contribution in [0.4, 0.5) is 0 Å². The van der Waals surface area contributed by atoms with E-state index < -0.39 is 0 Å². The van der Waals surface area contributed by atoms with Crippen LogP contribution >= 0.6 is 11.3 Å². The molecule has 0 atom stereocenters. The Balaban J connectivity index is 2.07. The van der Waals surface area contributed by atoms with Crippen LogP contribution in [0.5, 0.6) is 0 Å². The van der Waals surface area contributed by atoms with Gasteiger partial charge in [-0.15, -0.1) is 11.3 Å². The summed E-state index contributed by atoms with van der Waals surface area (Å²) in [6.45, 7) is 7.27. The predicted molar refractivity (Wildman–Crippen MR) is 71.9 cm³/mol. The zero-order chi connectivity index (χ0) is 12.3. The number of nitrogens with one attached hydrogen (secondary N) is 1. The summed E-state index contributed by atoms with van der Waals surface area (Å²) >= 11 is 1.67. The molecule has 4 heteroatoms. The fraction of sp³-hybridized carbons (Fsp3) is 0.385. The van der Waals surface area contributed by atoms with Crippen molar-refractivity contribution < 1.29 is 0 Å². The third-order valence-electron chi connectivity index (χ3n) is 2.25. The average Bonchev–Trinajstić information content (AvgIpc) is 2.75. The maximum Gasteiger partial charge on any atom is 0.107 e. The summed E-state index contributed by atoms with van der Waals surface area (Å²) in [6.07, 6.45) is 1.79. The van der Waals surface area contributed by atoms with Gasteiger partial charge in [-0.1, -0.05) is 6.07 Å². The van der Waals surface area contributed by atoms with Crippen LogP contribution in [0.2, 0.25) is 0 Å². The van der Waals surface area contributed by atoms with Crippen LogP contribution in [-0.4, -0.2) is 15.5 Å². The van der Waals surface area contributed by atoms with E-state index in [1.54, 1.807) is 17.5 Å². The van der Waals surface area contributed by atoms with Gasteiger partial charge in [-0.2, -0.15) is 0 Å². The molecule has 3 nitrogen and oxygen atoms in total. The lowest BCUT2D eigenvalue weighted by molar-refractivity contribution is 0.424. The number of thiazole rings is 1. The Kier molecular flexibility index (Phi) is 3.54. The van der Waals surface area contributed by atoms with Crippen molar-refractivity contribution in [3.63, 3.8) is 0 Å². The lowest BCUT2D eigenvalue weighted by Gasteiger charge is -2.19. The van der Waals surface area contributed by atoms with Crippen molar-refractivity contribution in [2.45, 2.75) is 32.9 Å². The quantitative estimate of drug-likeness (QED) is 0.905. The molecule has 0 amide bonds. The minimum absolute atomic E-state index is 0.122. The van der Waals surface area contributed by atoms with Crippen LogP contribution in [0.3, 0.4) is 0 Å². The number of nitrogens with zero attached hydrogens (tertiary/aromatic N) is 2. The van der Waals surface area contributed by atoms with Crippen molar-refractivity contribution in [1.29, 1.82) is 0 Å². The third kappa shape index (κ3) is 3.61. The Bertz CT molecular complexity index is 471. The molecule has 2 aromatic heterocycles. The summed E-state index contributed by atoms with van der Waals surface area (Å²) in [7, 11) is 0. The van der Waals surface area contributed by atoms with Gasteiger partial charge in [0.15, 0.2) is 0 Å². The zero-order valence-electron chi connectivity index (χ0n) is 10.4. The largest absolute Gasteiger partial charge is 0.306 e. The molecular formula is C13H17N3S. The molecule has 0 radical (unpaired) electrons. The first-order valence-electron chi connectivity index (χ1n) is 5.65. The molecule has 0 spiro atoms. The van der Waals surface area contributed by atoms with Gasteiger partial charge in [0.05, 0.1) is 11.4 Å². The first kappa shape index (κ1) is 12.2. The highest BCUT2D eigenvalue weighted by atomic mass is 32.1. The number of hydrogen-bond acceptors (Lipinski definition) is 4. The molecule has 2 rings (SSSR count). The van der Waals surface area contributed by atoms with Crippen molar-refractivity contribution in [1.82, 2.24) is 15.3 Å². The molecule has 0 saturated heterocycles. The molecule has 0 bridgehead atoms. The summed E-state index contributed by atoms with van der Waals surface area (Å²) in [5.74, 6) is 0. The maximum absolute atomic E-state index is 4.58. The molecule has 0 saturated carbocycles. The highest BCUT2D eigenvalue weighted by Gasteiger charge is 2.10. The maximum atomic E-state index is 4.58. The number of aromatic nitrogens is 2. The second-order valence-electron chi connectivity index (χ2n) is 4.95. The fourth-order valence-electron chi connectivity index (χ4n) is 1.36. The number of pyridine rings is 1. The van der Waals surface area contributed by atoms with E-state index in [0.29, 0.717) is 0 Å². The van der Waals surface area contributed by atoms with Crippen molar-refractivity contribution in [3.05, 3.63) is 34.8 Å². The minimum Gasteiger partial charge on any atom is -0.306 e. The standard InChI is InChI=1S/C13H17N3S/c1-13(2,3)15-8-12-16-11(9-17-12)10-6-4-5-7-14-10/h4-7,9,15H,8H2,1-3H3. The highest BCUT2D eigenvalue weighted by Crippen LogP contribution is 2.19. The molecule has 0 aliphatic heterocycles. The first-order chi connectivity index (χ1) is 8.04. The Morgan fingerprint density at radius 2 is 2.06 bits per heavy atom. The summed E-state index contributed by atoms with van der Waals surface area (Å²) in [4.78, 5) is 8.87. The van der Waals surface area contributed by atoms with E-state index in [1.807, 2.05) is 18.2 Å². The van der Waals surface area contributed by atoms with Gasteiger partial charge >= 0.3 is 0 Å². The molecule has 0 fully saturated rings. The molecule has 0 unspecified atom stereocenters. The lowest BCUT2D eigenvalue weighted by atomic mass is 10.1. The van der Waals surface area contributed by atoms with E-state index in [1.165, 1.54) is 0 Å². The van der Waals surface area contributed by atoms with Gasteiger partial charge in [-0.25, -0.2) is 4.98 Å². The van der Waals surface area contributed by atoms with Crippen LogP contribution < -0.4 is 5.32 Å². The smallest absolute Gasteiger partial charge is 0.107 e. The molecule has 0 aromatic carbocycles. The van der Waals surface area contributed by atoms with Crippen LogP contribution in [0.25, 0.3) is 11.4 Å². The van der Waals surface area contributed by atoms with Gasteiger partial charge in [0.2, 0.25) is 0 Å². The molecule has 0 aliphatic carbocycles. The van der Waals surface area contributed by atoms with Crippen LogP contribution in [-0.2, 0) is 6.54 Å². The van der Waals surface area contributed by atoms with Crippen LogP contribution in [0.15, 0.2) is 29.8 Å². The summed E-state index contributed by atoms with van der Waals surface area (Å²) in [5, 5.41) is 6.59. The zero-order valence-corrected chi connectivity index (χ0v) is 11.2. The van der Waals surface area contributed by atoms with Crippen molar-refractivity contribution in [2.75, 3.05) is 0 Å². The second-order valence-corrected chi connectivity index (χ2v) is 5.89. The van der Waals surface area contributed by atoms with Crippen molar-refractivity contribution in [2.24, 2.45) is 0 Å². The van der Waals surface area contributed by atoms with Gasteiger partial charge in [0.25, 0.3) is 0 Å². The Labute approximate surface area is 106 Å². The molecule has 90 valence electrons. The van der Waals surface area contributed by atoms with E-state index in [2.05, 4.69) is 41.4 Å². The topological polar surface area (TPSA) is 37.8 Å². The number of rotatable bonds is 3. The molecule has 2 aromatic rings. The van der Waals surface area contributed by atoms with Gasteiger partial charge in [-0.3, -0.25) is 4.98 Å². The Morgan fingerprint density at radius 1 is 1.24 bits per heavy atom. The van der Waals surface area contributed by atoms with Gasteiger partial charge < -0.3 is 5.32 Å². The molecule has 17 heavy (non-hydrogen) atoms. The fourth-order valence-corrected chi connectivity index (χ4v) is 2.09. The van der Waals surface area contributed by atoms with E-state index in [0.717, 1.165) is 22.9 Å². The average molecular weight is 247 g/mol. The van der Waals surface area contributed by atoms with Gasteiger partial charge in [0.1, 0.15) is 5.01 Å². The monoisotopic (exact) mass is 247 g/mol.